The molecule has 154 valence electrons. The first-order valence-corrected chi connectivity index (χ1v) is 10.7. The molecule has 0 bridgehead atoms. The second kappa shape index (κ2) is 8.67. The van der Waals surface area contributed by atoms with Gasteiger partial charge in [-0.3, -0.25) is 14.9 Å². The van der Waals surface area contributed by atoms with Gasteiger partial charge in [-0.2, -0.15) is 0 Å². The summed E-state index contributed by atoms with van der Waals surface area (Å²) in [6.45, 7) is 2.10. The van der Waals surface area contributed by atoms with Crippen LogP contribution >= 0.6 is 11.3 Å². The van der Waals surface area contributed by atoms with Crippen LogP contribution in [0.3, 0.4) is 0 Å². The van der Waals surface area contributed by atoms with Crippen LogP contribution < -0.4 is 15.4 Å². The van der Waals surface area contributed by atoms with Gasteiger partial charge < -0.3 is 10.1 Å². The fraction of sp³-hybridized carbons (Fsp3) is 0.261. The van der Waals surface area contributed by atoms with Gasteiger partial charge in [-0.1, -0.05) is 19.1 Å². The number of thiazole rings is 1. The number of carbonyl (C=O) groups excluding carboxylic acids is 2. The number of hydrogen-bond acceptors (Lipinski definition) is 5. The van der Waals surface area contributed by atoms with Crippen LogP contribution in [0.4, 0.5) is 10.8 Å². The van der Waals surface area contributed by atoms with Crippen LogP contribution in [-0.4, -0.2) is 23.9 Å². The molecule has 1 heterocycles. The van der Waals surface area contributed by atoms with Crippen LogP contribution in [0.1, 0.15) is 45.8 Å². The Labute approximate surface area is 179 Å². The van der Waals surface area contributed by atoms with Crippen LogP contribution in [0.25, 0.3) is 0 Å². The van der Waals surface area contributed by atoms with E-state index in [0.717, 1.165) is 35.5 Å². The number of rotatable bonds is 6. The maximum Gasteiger partial charge on any atom is 0.257 e. The van der Waals surface area contributed by atoms with Crippen molar-refractivity contribution in [1.29, 1.82) is 0 Å². The third-order valence-corrected chi connectivity index (χ3v) is 6.28. The van der Waals surface area contributed by atoms with Crippen molar-refractivity contribution < 1.29 is 14.3 Å². The average molecular weight is 422 g/mol. The van der Waals surface area contributed by atoms with Gasteiger partial charge in [0.15, 0.2) is 5.13 Å². The number of anilines is 2. The zero-order chi connectivity index (χ0) is 21.1. The summed E-state index contributed by atoms with van der Waals surface area (Å²) in [4.78, 5) is 30.9. The zero-order valence-electron chi connectivity index (χ0n) is 16.9. The molecule has 0 saturated heterocycles. The Morgan fingerprint density at radius 3 is 2.50 bits per heavy atom. The van der Waals surface area contributed by atoms with Gasteiger partial charge >= 0.3 is 0 Å². The summed E-state index contributed by atoms with van der Waals surface area (Å²) in [6, 6.07) is 14.8. The molecule has 1 aliphatic carbocycles. The van der Waals surface area contributed by atoms with Crippen molar-refractivity contribution in [3.8, 4) is 5.75 Å². The highest BCUT2D eigenvalue weighted by Gasteiger charge is 2.33. The van der Waals surface area contributed by atoms with Crippen LogP contribution in [-0.2, 0) is 17.6 Å². The predicted octanol–water partition coefficient (Wildman–Crippen LogP) is 4.63. The Morgan fingerprint density at radius 2 is 1.83 bits per heavy atom. The lowest BCUT2D eigenvalue weighted by Crippen LogP contribution is -2.20. The summed E-state index contributed by atoms with van der Waals surface area (Å²) >= 11 is 1.44. The highest BCUT2D eigenvalue weighted by Crippen LogP contribution is 2.39. The molecule has 1 aliphatic rings. The molecule has 1 atom stereocenters. The van der Waals surface area contributed by atoms with Crippen LogP contribution in [0.5, 0.6) is 5.75 Å². The third kappa shape index (κ3) is 4.21. The molecule has 1 unspecified atom stereocenters. The second-order valence-corrected chi connectivity index (χ2v) is 8.22. The van der Waals surface area contributed by atoms with Gasteiger partial charge in [0, 0.05) is 16.1 Å². The number of carbonyl (C=O) groups is 2. The van der Waals surface area contributed by atoms with E-state index in [1.165, 1.54) is 16.9 Å². The Balaban J connectivity index is 1.43. The van der Waals surface area contributed by atoms with E-state index in [2.05, 4.69) is 22.5 Å². The smallest absolute Gasteiger partial charge is 0.257 e. The monoisotopic (exact) mass is 421 g/mol. The van der Waals surface area contributed by atoms with Gasteiger partial charge in [-0.15, -0.1) is 11.3 Å². The largest absolute Gasteiger partial charge is 0.497 e. The number of nitrogens with zero attached hydrogens (tertiary/aromatic N) is 1. The highest BCUT2D eigenvalue weighted by molar-refractivity contribution is 7.16. The first kappa shape index (κ1) is 20.1. The first-order chi connectivity index (χ1) is 14.6. The molecule has 6 nitrogen and oxygen atoms in total. The number of aryl methyl sites for hydroxylation is 2. The molecule has 2 amide bonds. The molecule has 4 rings (SSSR count). The number of nitrogens with one attached hydrogen (secondary N) is 2. The van der Waals surface area contributed by atoms with Crippen LogP contribution in [0, 0.1) is 0 Å². The fourth-order valence-electron chi connectivity index (χ4n) is 3.50. The number of fused-ring (bicyclic) bond motifs is 1. The molecule has 30 heavy (non-hydrogen) atoms. The zero-order valence-corrected chi connectivity index (χ0v) is 17.7. The van der Waals surface area contributed by atoms with Gasteiger partial charge in [0.25, 0.3) is 5.91 Å². The predicted molar refractivity (Wildman–Crippen MR) is 119 cm³/mol. The number of hydrogen-bond donors (Lipinski definition) is 2. The minimum atomic E-state index is -0.297. The standard InChI is InChI=1S/C23H23N3O3S/c1-3-14-4-8-16(9-5-14)24-22(28)18-12-13-19-20(18)25-23(30-19)26-21(27)15-6-10-17(29-2)11-7-15/h4-11,18H,3,12-13H2,1-2H3,(H,24,28)(H,25,26,27). The van der Waals surface area contributed by atoms with Gasteiger partial charge in [0.1, 0.15) is 5.75 Å². The first-order valence-electron chi connectivity index (χ1n) is 9.92. The minimum absolute atomic E-state index is 0.0590. The van der Waals surface area contributed by atoms with Crippen molar-refractivity contribution in [1.82, 2.24) is 4.98 Å². The van der Waals surface area contributed by atoms with E-state index < -0.39 is 0 Å². The van der Waals surface area contributed by atoms with E-state index in [1.807, 2.05) is 24.3 Å². The maximum absolute atomic E-state index is 12.8. The van der Waals surface area contributed by atoms with E-state index in [1.54, 1.807) is 31.4 Å². The second-order valence-electron chi connectivity index (χ2n) is 7.14. The molecule has 7 heteroatoms. The molecule has 0 fully saturated rings. The summed E-state index contributed by atoms with van der Waals surface area (Å²) in [7, 11) is 1.58. The van der Waals surface area contributed by atoms with E-state index >= 15 is 0 Å². The van der Waals surface area contributed by atoms with E-state index in [0.29, 0.717) is 16.4 Å². The molecule has 2 N–H and O–H groups in total. The molecule has 2 aromatic carbocycles. The van der Waals surface area contributed by atoms with Crippen molar-refractivity contribution in [3.05, 3.63) is 70.2 Å². The van der Waals surface area contributed by atoms with E-state index in [9.17, 15) is 9.59 Å². The SMILES string of the molecule is CCc1ccc(NC(=O)C2CCc3sc(NC(=O)c4ccc(OC)cc4)nc32)cc1. The number of benzene rings is 2. The van der Waals surface area contributed by atoms with Gasteiger partial charge in [-0.25, -0.2) is 4.98 Å². The van der Waals surface area contributed by atoms with E-state index in [4.69, 9.17) is 4.74 Å². The van der Waals surface area contributed by atoms with Crippen LogP contribution in [0.2, 0.25) is 0 Å². The van der Waals surface area contributed by atoms with E-state index in [-0.39, 0.29) is 17.7 Å². The normalized spacial score (nSPS) is 14.8. The fourth-order valence-corrected chi connectivity index (χ4v) is 4.53. The molecule has 3 aromatic rings. The Bertz CT molecular complexity index is 1060. The summed E-state index contributed by atoms with van der Waals surface area (Å²) in [5, 5.41) is 6.35. The quantitative estimate of drug-likeness (QED) is 0.608. The summed E-state index contributed by atoms with van der Waals surface area (Å²) in [6.07, 6.45) is 2.49. The Kier molecular flexibility index (Phi) is 5.81. The summed E-state index contributed by atoms with van der Waals surface area (Å²) in [5.41, 5.74) is 3.31. The molecule has 1 aromatic heterocycles. The average Bonchev–Trinajstić information content (AvgIpc) is 3.34. The van der Waals surface area contributed by atoms with Crippen molar-refractivity contribution in [2.45, 2.75) is 32.1 Å². The molecule has 0 radical (unpaired) electrons. The van der Waals surface area contributed by atoms with Crippen molar-refractivity contribution in [2.24, 2.45) is 0 Å². The number of ether oxygens (including phenoxy) is 1. The Morgan fingerprint density at radius 1 is 1.10 bits per heavy atom. The molecular weight excluding hydrogens is 398 g/mol. The van der Waals surface area contributed by atoms with Crippen molar-refractivity contribution in [2.75, 3.05) is 17.7 Å². The van der Waals surface area contributed by atoms with Crippen molar-refractivity contribution >= 4 is 34.0 Å². The van der Waals surface area contributed by atoms with Gasteiger partial charge in [-0.05, 0) is 61.2 Å². The molecular formula is C23H23N3O3S. The van der Waals surface area contributed by atoms with Gasteiger partial charge in [0.2, 0.25) is 5.91 Å². The van der Waals surface area contributed by atoms with Gasteiger partial charge in [0.05, 0.1) is 18.7 Å². The lowest BCUT2D eigenvalue weighted by molar-refractivity contribution is -0.117. The number of amides is 2. The summed E-state index contributed by atoms with van der Waals surface area (Å²) < 4.78 is 5.12. The molecule has 0 spiro atoms. The number of aromatic nitrogens is 1. The highest BCUT2D eigenvalue weighted by atomic mass is 32.1. The number of methoxy groups -OCH3 is 1. The minimum Gasteiger partial charge on any atom is -0.497 e. The lowest BCUT2D eigenvalue weighted by Gasteiger charge is -2.11. The third-order valence-electron chi connectivity index (χ3n) is 5.24. The lowest BCUT2D eigenvalue weighted by atomic mass is 10.1. The molecule has 0 saturated carbocycles. The van der Waals surface area contributed by atoms with Crippen LogP contribution in [0.15, 0.2) is 48.5 Å². The summed E-state index contributed by atoms with van der Waals surface area (Å²) in [5.74, 6) is 0.102. The topological polar surface area (TPSA) is 80.3 Å². The maximum atomic E-state index is 12.8. The Hall–Kier alpha value is -3.19. The molecule has 0 aliphatic heterocycles. The van der Waals surface area contributed by atoms with Crippen molar-refractivity contribution in [3.63, 3.8) is 0 Å².